The van der Waals surface area contributed by atoms with Gasteiger partial charge >= 0.3 is 5.69 Å². The third-order valence-corrected chi connectivity index (χ3v) is 4.37. The summed E-state index contributed by atoms with van der Waals surface area (Å²) in [5.41, 5.74) is 1.68. The first kappa shape index (κ1) is 16.0. The van der Waals surface area contributed by atoms with Crippen LogP contribution in [0.1, 0.15) is 11.1 Å². The van der Waals surface area contributed by atoms with E-state index in [0.29, 0.717) is 5.75 Å². The molecular formula is C15H15NO5S. The minimum atomic E-state index is -3.52. The Labute approximate surface area is 128 Å². The van der Waals surface area contributed by atoms with Gasteiger partial charge in [-0.15, -0.1) is 0 Å². The number of ether oxygens (including phenoxy) is 1. The van der Waals surface area contributed by atoms with Crippen LogP contribution in [0.25, 0.3) is 0 Å². The zero-order valence-corrected chi connectivity index (χ0v) is 13.2. The highest BCUT2D eigenvalue weighted by molar-refractivity contribution is 7.90. The van der Waals surface area contributed by atoms with Gasteiger partial charge in [-0.05, 0) is 49.2 Å². The lowest BCUT2D eigenvalue weighted by molar-refractivity contribution is -0.385. The molecule has 0 saturated carbocycles. The number of nitro benzene ring substituents is 1. The molecule has 116 valence electrons. The summed E-state index contributed by atoms with van der Waals surface area (Å²) in [6, 6.07) is 8.91. The molecule has 0 bridgehead atoms. The molecule has 2 aromatic carbocycles. The molecular weight excluding hydrogens is 306 g/mol. The van der Waals surface area contributed by atoms with Gasteiger partial charge in [0.2, 0.25) is 5.75 Å². The van der Waals surface area contributed by atoms with E-state index >= 15 is 0 Å². The zero-order chi connectivity index (χ0) is 16.5. The van der Waals surface area contributed by atoms with Gasteiger partial charge in [-0.3, -0.25) is 10.1 Å². The fraction of sp³-hybridized carbons (Fsp3) is 0.200. The number of rotatable bonds is 4. The Bertz CT molecular complexity index is 843. The number of hydrogen-bond acceptors (Lipinski definition) is 5. The largest absolute Gasteiger partial charge is 0.450 e. The second-order valence-corrected chi connectivity index (χ2v) is 7.02. The van der Waals surface area contributed by atoms with E-state index in [-0.39, 0.29) is 16.3 Å². The van der Waals surface area contributed by atoms with Gasteiger partial charge in [0.15, 0.2) is 9.84 Å². The van der Waals surface area contributed by atoms with Gasteiger partial charge in [0, 0.05) is 12.3 Å². The zero-order valence-electron chi connectivity index (χ0n) is 12.4. The Morgan fingerprint density at radius 3 is 2.27 bits per heavy atom. The van der Waals surface area contributed by atoms with Crippen molar-refractivity contribution in [3.05, 3.63) is 57.6 Å². The SMILES string of the molecule is Cc1ccc(Oc2ccc(S(C)(=O)=O)cc2[N+](=O)[O-])cc1C. The molecule has 0 aliphatic carbocycles. The molecule has 2 aromatic rings. The fourth-order valence-corrected chi connectivity index (χ4v) is 2.50. The van der Waals surface area contributed by atoms with E-state index in [1.165, 1.54) is 12.1 Å². The maximum atomic E-state index is 11.5. The highest BCUT2D eigenvalue weighted by Crippen LogP contribution is 2.33. The molecule has 6 nitrogen and oxygen atoms in total. The van der Waals surface area contributed by atoms with Crippen LogP contribution in [-0.2, 0) is 9.84 Å². The molecule has 0 spiro atoms. The normalized spacial score (nSPS) is 11.2. The van der Waals surface area contributed by atoms with Crippen molar-refractivity contribution >= 4 is 15.5 Å². The summed E-state index contributed by atoms with van der Waals surface area (Å²) in [6.07, 6.45) is 0.996. The predicted octanol–water partition coefficient (Wildman–Crippen LogP) is 3.41. The van der Waals surface area contributed by atoms with E-state index in [9.17, 15) is 18.5 Å². The van der Waals surface area contributed by atoms with Gasteiger partial charge in [-0.25, -0.2) is 8.42 Å². The van der Waals surface area contributed by atoms with Crippen molar-refractivity contribution in [1.29, 1.82) is 0 Å². The summed E-state index contributed by atoms with van der Waals surface area (Å²) in [5, 5.41) is 11.1. The number of aryl methyl sites for hydroxylation is 2. The second-order valence-electron chi connectivity index (χ2n) is 5.01. The molecule has 0 unspecified atom stereocenters. The van der Waals surface area contributed by atoms with E-state index in [2.05, 4.69) is 0 Å². The quantitative estimate of drug-likeness (QED) is 0.636. The third-order valence-electron chi connectivity index (χ3n) is 3.26. The topological polar surface area (TPSA) is 86.5 Å². The molecule has 0 radical (unpaired) electrons. The van der Waals surface area contributed by atoms with Gasteiger partial charge in [0.1, 0.15) is 5.75 Å². The molecule has 0 atom stereocenters. The lowest BCUT2D eigenvalue weighted by atomic mass is 10.1. The molecule has 0 aliphatic heterocycles. The first-order chi connectivity index (χ1) is 10.2. The minimum Gasteiger partial charge on any atom is -0.450 e. The maximum Gasteiger partial charge on any atom is 0.312 e. The van der Waals surface area contributed by atoms with Gasteiger partial charge in [-0.2, -0.15) is 0 Å². The molecule has 2 rings (SSSR count). The van der Waals surface area contributed by atoms with Crippen LogP contribution in [0.2, 0.25) is 0 Å². The van der Waals surface area contributed by atoms with Crippen LogP contribution in [0.5, 0.6) is 11.5 Å². The van der Waals surface area contributed by atoms with Crippen LogP contribution in [0.3, 0.4) is 0 Å². The Morgan fingerprint density at radius 1 is 1.05 bits per heavy atom. The summed E-state index contributed by atoms with van der Waals surface area (Å²) >= 11 is 0. The summed E-state index contributed by atoms with van der Waals surface area (Å²) in [7, 11) is -3.52. The van der Waals surface area contributed by atoms with Crippen molar-refractivity contribution in [2.75, 3.05) is 6.26 Å². The molecule has 0 saturated heterocycles. The van der Waals surface area contributed by atoms with Gasteiger partial charge in [-0.1, -0.05) is 6.07 Å². The molecule has 0 fully saturated rings. The van der Waals surface area contributed by atoms with E-state index in [1.807, 2.05) is 19.9 Å². The van der Waals surface area contributed by atoms with E-state index < -0.39 is 14.8 Å². The highest BCUT2D eigenvalue weighted by Gasteiger charge is 2.20. The molecule has 7 heteroatoms. The molecule has 0 heterocycles. The smallest absolute Gasteiger partial charge is 0.312 e. The molecule has 0 aliphatic rings. The average molecular weight is 321 g/mol. The predicted molar refractivity (Wildman–Crippen MR) is 82.2 cm³/mol. The van der Waals surface area contributed by atoms with Crippen molar-refractivity contribution in [1.82, 2.24) is 0 Å². The fourth-order valence-electron chi connectivity index (χ4n) is 1.86. The highest BCUT2D eigenvalue weighted by atomic mass is 32.2. The number of sulfone groups is 1. The van der Waals surface area contributed by atoms with E-state index in [4.69, 9.17) is 4.74 Å². The van der Waals surface area contributed by atoms with Crippen molar-refractivity contribution in [3.63, 3.8) is 0 Å². The van der Waals surface area contributed by atoms with Crippen molar-refractivity contribution < 1.29 is 18.1 Å². The average Bonchev–Trinajstić information content (AvgIpc) is 2.42. The third kappa shape index (κ3) is 3.43. The number of nitrogens with zero attached hydrogens (tertiary/aromatic N) is 1. The molecule has 0 N–H and O–H groups in total. The van der Waals surface area contributed by atoms with E-state index in [1.54, 1.807) is 12.1 Å². The Kier molecular flexibility index (Phi) is 4.18. The molecule has 0 aromatic heterocycles. The van der Waals surface area contributed by atoms with Crippen molar-refractivity contribution in [2.24, 2.45) is 0 Å². The number of nitro groups is 1. The van der Waals surface area contributed by atoms with Crippen LogP contribution in [0, 0.1) is 24.0 Å². The van der Waals surface area contributed by atoms with Crippen LogP contribution in [0.15, 0.2) is 41.3 Å². The second kappa shape index (κ2) is 5.76. The molecule has 0 amide bonds. The Hall–Kier alpha value is -2.41. The van der Waals surface area contributed by atoms with Crippen LogP contribution in [-0.4, -0.2) is 19.6 Å². The summed E-state index contributed by atoms with van der Waals surface area (Å²) in [5.74, 6) is 0.457. The Balaban J connectivity index is 2.46. The standard InChI is InChI=1S/C15H15NO5S/c1-10-4-5-12(8-11(10)2)21-15-7-6-13(22(3,19)20)9-14(15)16(17)18/h4-9H,1-3H3. The summed E-state index contributed by atoms with van der Waals surface area (Å²) < 4.78 is 28.5. The number of benzene rings is 2. The van der Waals surface area contributed by atoms with Crippen molar-refractivity contribution in [3.8, 4) is 11.5 Å². The van der Waals surface area contributed by atoms with E-state index in [0.717, 1.165) is 23.4 Å². The van der Waals surface area contributed by atoms with Crippen molar-refractivity contribution in [2.45, 2.75) is 18.7 Å². The van der Waals surface area contributed by atoms with Crippen LogP contribution in [0.4, 0.5) is 5.69 Å². The molecule has 22 heavy (non-hydrogen) atoms. The maximum absolute atomic E-state index is 11.5. The van der Waals surface area contributed by atoms with Crippen LogP contribution < -0.4 is 4.74 Å². The lowest BCUT2D eigenvalue weighted by Gasteiger charge is -2.09. The number of hydrogen-bond donors (Lipinski definition) is 0. The van der Waals surface area contributed by atoms with Crippen LogP contribution >= 0.6 is 0 Å². The minimum absolute atomic E-state index is 0.000605. The van der Waals surface area contributed by atoms with Gasteiger partial charge < -0.3 is 4.74 Å². The first-order valence-corrected chi connectivity index (χ1v) is 8.31. The lowest BCUT2D eigenvalue weighted by Crippen LogP contribution is -2.00. The summed E-state index contributed by atoms with van der Waals surface area (Å²) in [6.45, 7) is 3.85. The Morgan fingerprint density at radius 2 is 1.73 bits per heavy atom. The monoisotopic (exact) mass is 321 g/mol. The summed E-state index contributed by atoms with van der Waals surface area (Å²) in [4.78, 5) is 10.4. The first-order valence-electron chi connectivity index (χ1n) is 6.42. The van der Waals surface area contributed by atoms with Gasteiger partial charge in [0.05, 0.1) is 9.82 Å². The van der Waals surface area contributed by atoms with Gasteiger partial charge in [0.25, 0.3) is 0 Å².